The molecule has 0 aliphatic carbocycles. The van der Waals surface area contributed by atoms with Gasteiger partial charge in [0.25, 0.3) is 5.56 Å². The number of benzene rings is 3. The van der Waals surface area contributed by atoms with Crippen molar-refractivity contribution in [2.45, 2.75) is 26.8 Å². The highest BCUT2D eigenvalue weighted by Gasteiger charge is 2.17. The number of hydrogen-bond acceptors (Lipinski definition) is 2. The van der Waals surface area contributed by atoms with E-state index in [-0.39, 0.29) is 18.1 Å². The van der Waals surface area contributed by atoms with Gasteiger partial charge in [0.15, 0.2) is 0 Å². The van der Waals surface area contributed by atoms with Gasteiger partial charge in [-0.25, -0.2) is 4.79 Å². The molecule has 0 aliphatic rings. The molecule has 3 aromatic carbocycles. The molecule has 4 aromatic rings. The third kappa shape index (κ3) is 5.62. The van der Waals surface area contributed by atoms with Gasteiger partial charge in [-0.2, -0.15) is 0 Å². The number of rotatable bonds is 6. The minimum absolute atomic E-state index is 0.185. The Morgan fingerprint density at radius 3 is 2.39 bits per heavy atom. The fraction of sp³-hybridized carbons (Fsp3) is 0.185. The molecule has 33 heavy (non-hydrogen) atoms. The molecule has 5 nitrogen and oxygen atoms in total. The van der Waals surface area contributed by atoms with Crippen LogP contribution < -0.4 is 10.9 Å². The van der Waals surface area contributed by atoms with Gasteiger partial charge in [0, 0.05) is 28.3 Å². The second-order valence-corrected chi connectivity index (χ2v) is 8.68. The fourth-order valence-corrected chi connectivity index (χ4v) is 3.87. The maximum absolute atomic E-state index is 13.2. The van der Waals surface area contributed by atoms with E-state index in [1.54, 1.807) is 29.2 Å². The lowest BCUT2D eigenvalue weighted by Crippen LogP contribution is -2.37. The number of H-pyrrole nitrogens is 1. The number of anilines is 1. The molecule has 168 valence electrons. The number of hydrogen-bond donors (Lipinski definition) is 2. The zero-order valence-corrected chi connectivity index (χ0v) is 19.4. The van der Waals surface area contributed by atoms with Crippen molar-refractivity contribution in [1.82, 2.24) is 9.88 Å². The second kappa shape index (κ2) is 9.92. The van der Waals surface area contributed by atoms with Crippen molar-refractivity contribution in [2.24, 2.45) is 0 Å². The van der Waals surface area contributed by atoms with Crippen LogP contribution in [0.1, 0.15) is 22.3 Å². The van der Waals surface area contributed by atoms with Crippen LogP contribution in [0.25, 0.3) is 10.9 Å². The number of aromatic amines is 1. The quantitative estimate of drug-likeness (QED) is 0.367. The lowest BCUT2D eigenvalue weighted by Gasteiger charge is -2.23. The number of carbonyl (C=O) groups is 1. The molecule has 1 heterocycles. The Labute approximate surface area is 198 Å². The first-order chi connectivity index (χ1) is 15.9. The summed E-state index contributed by atoms with van der Waals surface area (Å²) in [6.07, 6.45) is 0.679. The molecule has 2 N–H and O–H groups in total. The van der Waals surface area contributed by atoms with E-state index in [1.165, 1.54) is 0 Å². The summed E-state index contributed by atoms with van der Waals surface area (Å²) < 4.78 is 0. The summed E-state index contributed by atoms with van der Waals surface area (Å²) in [6.45, 7) is 4.73. The molecule has 0 saturated carbocycles. The van der Waals surface area contributed by atoms with Crippen LogP contribution in [0.4, 0.5) is 10.5 Å². The van der Waals surface area contributed by atoms with Crippen molar-refractivity contribution in [2.75, 3.05) is 11.9 Å². The molecule has 0 saturated heterocycles. The summed E-state index contributed by atoms with van der Waals surface area (Å²) in [5, 5.41) is 4.47. The van der Waals surface area contributed by atoms with Gasteiger partial charge in [-0.1, -0.05) is 41.9 Å². The van der Waals surface area contributed by atoms with Crippen molar-refractivity contribution in [3.05, 3.63) is 110 Å². The van der Waals surface area contributed by atoms with Gasteiger partial charge in [-0.3, -0.25) is 4.79 Å². The van der Waals surface area contributed by atoms with Crippen LogP contribution in [0.2, 0.25) is 5.02 Å². The minimum Gasteiger partial charge on any atom is -0.322 e. The van der Waals surface area contributed by atoms with Crippen LogP contribution in [-0.2, 0) is 13.0 Å². The molecule has 0 aliphatic heterocycles. The summed E-state index contributed by atoms with van der Waals surface area (Å²) >= 11 is 5.96. The normalized spacial score (nSPS) is 10.9. The molecule has 6 heteroatoms. The number of nitrogens with one attached hydrogen (secondary N) is 2. The number of aryl methyl sites for hydroxylation is 2. The Morgan fingerprint density at radius 1 is 0.970 bits per heavy atom. The van der Waals surface area contributed by atoms with Gasteiger partial charge in [0.1, 0.15) is 0 Å². The van der Waals surface area contributed by atoms with Crippen LogP contribution in [-0.4, -0.2) is 22.5 Å². The predicted octanol–water partition coefficient (Wildman–Crippen LogP) is 6.08. The van der Waals surface area contributed by atoms with Gasteiger partial charge < -0.3 is 15.2 Å². The summed E-state index contributed by atoms with van der Waals surface area (Å²) in [7, 11) is 0. The average molecular weight is 460 g/mol. The number of aromatic nitrogens is 1. The van der Waals surface area contributed by atoms with Gasteiger partial charge in [-0.05, 0) is 84.8 Å². The van der Waals surface area contributed by atoms with Crippen molar-refractivity contribution in [3.8, 4) is 0 Å². The van der Waals surface area contributed by atoms with E-state index in [0.29, 0.717) is 29.2 Å². The lowest BCUT2D eigenvalue weighted by molar-refractivity contribution is 0.209. The highest BCUT2D eigenvalue weighted by atomic mass is 35.5. The Hall–Kier alpha value is -3.57. The zero-order valence-electron chi connectivity index (χ0n) is 18.7. The molecule has 1 aromatic heterocycles. The van der Waals surface area contributed by atoms with E-state index >= 15 is 0 Å². The monoisotopic (exact) mass is 459 g/mol. The number of nitrogens with zero attached hydrogens (tertiary/aromatic N) is 1. The Morgan fingerprint density at radius 2 is 1.67 bits per heavy atom. The maximum atomic E-state index is 13.2. The van der Waals surface area contributed by atoms with Crippen molar-refractivity contribution in [1.29, 1.82) is 0 Å². The molecule has 0 fully saturated rings. The first kappa shape index (κ1) is 22.6. The van der Waals surface area contributed by atoms with E-state index in [2.05, 4.69) is 16.4 Å². The van der Waals surface area contributed by atoms with Gasteiger partial charge in [-0.15, -0.1) is 0 Å². The predicted molar refractivity (Wildman–Crippen MR) is 135 cm³/mol. The van der Waals surface area contributed by atoms with Crippen LogP contribution in [0.15, 0.2) is 77.6 Å². The summed E-state index contributed by atoms with van der Waals surface area (Å²) in [5.41, 5.74) is 5.21. The van der Waals surface area contributed by atoms with E-state index in [4.69, 9.17) is 11.6 Å². The number of fused-ring (bicyclic) bond motifs is 1. The summed E-state index contributed by atoms with van der Waals surface area (Å²) in [5.74, 6) is 0. The number of amides is 2. The zero-order chi connectivity index (χ0) is 23.4. The number of halogens is 1. The van der Waals surface area contributed by atoms with E-state index in [1.807, 2.05) is 56.3 Å². The number of pyridine rings is 1. The van der Waals surface area contributed by atoms with Crippen molar-refractivity contribution in [3.63, 3.8) is 0 Å². The Kier molecular flexibility index (Phi) is 6.80. The van der Waals surface area contributed by atoms with E-state index in [9.17, 15) is 9.59 Å². The SMILES string of the molecule is Cc1cc2cc(CN(CCc3ccccc3)C(=O)Nc3ccc(Cl)cc3)c(=O)[nH]c2cc1C. The molecular weight excluding hydrogens is 434 g/mol. The lowest BCUT2D eigenvalue weighted by atomic mass is 10.0. The third-order valence-corrected chi connectivity index (χ3v) is 6.04. The summed E-state index contributed by atoms with van der Waals surface area (Å²) in [6, 6.07) is 22.6. The third-order valence-electron chi connectivity index (χ3n) is 5.79. The standard InChI is InChI=1S/C27H26ClN3O2/c1-18-14-21-16-22(26(32)30-25(21)15-19(18)2)17-31(13-12-20-6-4-3-5-7-20)27(33)29-24-10-8-23(28)9-11-24/h3-11,14-16H,12-13,17H2,1-2H3,(H,29,33)(H,30,32). The molecule has 0 spiro atoms. The smallest absolute Gasteiger partial charge is 0.322 e. The van der Waals surface area contributed by atoms with E-state index < -0.39 is 0 Å². The molecule has 2 amide bonds. The van der Waals surface area contributed by atoms with Crippen LogP contribution in [0.3, 0.4) is 0 Å². The van der Waals surface area contributed by atoms with Crippen LogP contribution in [0, 0.1) is 13.8 Å². The summed E-state index contributed by atoms with van der Waals surface area (Å²) in [4.78, 5) is 30.6. The molecule has 0 radical (unpaired) electrons. The maximum Gasteiger partial charge on any atom is 0.322 e. The van der Waals surface area contributed by atoms with Gasteiger partial charge in [0.05, 0.1) is 6.54 Å². The average Bonchev–Trinajstić information content (AvgIpc) is 2.80. The van der Waals surface area contributed by atoms with Crippen LogP contribution in [0.5, 0.6) is 0 Å². The Bertz CT molecular complexity index is 1330. The number of carbonyl (C=O) groups excluding carboxylic acids is 1. The Balaban J connectivity index is 1.61. The van der Waals surface area contributed by atoms with E-state index in [0.717, 1.165) is 27.6 Å². The molecular formula is C27H26ClN3O2. The topological polar surface area (TPSA) is 65.2 Å². The van der Waals surface area contributed by atoms with Gasteiger partial charge in [0.2, 0.25) is 0 Å². The minimum atomic E-state index is -0.271. The van der Waals surface area contributed by atoms with Crippen molar-refractivity contribution < 1.29 is 4.79 Å². The van der Waals surface area contributed by atoms with Gasteiger partial charge >= 0.3 is 6.03 Å². The first-order valence-electron chi connectivity index (χ1n) is 10.9. The fourth-order valence-electron chi connectivity index (χ4n) is 3.74. The molecule has 4 rings (SSSR count). The number of urea groups is 1. The highest BCUT2D eigenvalue weighted by molar-refractivity contribution is 6.30. The highest BCUT2D eigenvalue weighted by Crippen LogP contribution is 2.19. The van der Waals surface area contributed by atoms with Crippen LogP contribution >= 0.6 is 11.6 Å². The molecule has 0 atom stereocenters. The first-order valence-corrected chi connectivity index (χ1v) is 11.3. The molecule has 0 bridgehead atoms. The van der Waals surface area contributed by atoms with Crippen molar-refractivity contribution >= 4 is 34.2 Å². The largest absolute Gasteiger partial charge is 0.322 e. The second-order valence-electron chi connectivity index (χ2n) is 8.24. The molecule has 0 unspecified atom stereocenters.